The molecule has 0 aromatic rings. The highest BCUT2D eigenvalue weighted by Gasteiger charge is 2.09. The highest BCUT2D eigenvalue weighted by molar-refractivity contribution is 4.66. The molecule has 0 aromatic carbocycles. The normalized spacial score (nSPS) is 21.7. The number of nitrogens with one attached hydrogen (secondary N) is 1. The van der Waals surface area contributed by atoms with Crippen LogP contribution in [0.2, 0.25) is 0 Å². The van der Waals surface area contributed by atoms with E-state index < -0.39 is 0 Å². The fourth-order valence-electron chi connectivity index (χ4n) is 1.35. The summed E-state index contributed by atoms with van der Waals surface area (Å²) in [6.45, 7) is 8.14. The van der Waals surface area contributed by atoms with Gasteiger partial charge in [-0.05, 0) is 6.92 Å². The Morgan fingerprint density at radius 1 is 1.38 bits per heavy atom. The van der Waals surface area contributed by atoms with Gasteiger partial charge in [0.05, 0.1) is 6.61 Å². The van der Waals surface area contributed by atoms with Crippen molar-refractivity contribution in [3.05, 3.63) is 0 Å². The van der Waals surface area contributed by atoms with Crippen LogP contribution < -0.4 is 5.32 Å². The van der Waals surface area contributed by atoms with Gasteiger partial charge in [0.25, 0.3) is 0 Å². The van der Waals surface area contributed by atoms with Crippen LogP contribution in [0.4, 0.5) is 0 Å². The fraction of sp³-hybridized carbons (Fsp3) is 1.00. The number of ether oxygens (including phenoxy) is 2. The Kier molecular flexibility index (Phi) is 5.31. The topological polar surface area (TPSA) is 33.7 Å². The molecule has 0 aromatic heterocycles. The quantitative estimate of drug-likeness (QED) is 0.611. The zero-order chi connectivity index (χ0) is 9.52. The lowest BCUT2D eigenvalue weighted by atomic mass is 10.4. The molecule has 0 amide bonds. The lowest BCUT2D eigenvalue weighted by molar-refractivity contribution is -0.114. The molecular weight excluding hydrogens is 168 g/mol. The standard InChI is InChI=1S/C9H20N2O2/c1-9(12-2)13-8-7-11-5-3-10-4-6-11/h9-10H,3-8H2,1-2H3. The summed E-state index contributed by atoms with van der Waals surface area (Å²) < 4.78 is 10.4. The largest absolute Gasteiger partial charge is 0.356 e. The van der Waals surface area contributed by atoms with Gasteiger partial charge in [-0.1, -0.05) is 0 Å². The molecule has 1 unspecified atom stereocenters. The Balaban J connectivity index is 1.98. The van der Waals surface area contributed by atoms with Crippen LogP contribution in [0, 0.1) is 0 Å². The maximum atomic E-state index is 5.41. The van der Waals surface area contributed by atoms with E-state index in [1.807, 2.05) is 6.92 Å². The first kappa shape index (κ1) is 10.9. The zero-order valence-corrected chi connectivity index (χ0v) is 8.58. The van der Waals surface area contributed by atoms with Gasteiger partial charge in [-0.15, -0.1) is 0 Å². The zero-order valence-electron chi connectivity index (χ0n) is 8.58. The van der Waals surface area contributed by atoms with E-state index >= 15 is 0 Å². The predicted octanol–water partition coefficient (Wildman–Crippen LogP) is -0.0994. The SMILES string of the molecule is COC(C)OCCN1CCNCC1. The highest BCUT2D eigenvalue weighted by atomic mass is 16.7. The van der Waals surface area contributed by atoms with Gasteiger partial charge < -0.3 is 14.8 Å². The summed E-state index contributed by atoms with van der Waals surface area (Å²) >= 11 is 0. The molecule has 78 valence electrons. The first-order valence-electron chi connectivity index (χ1n) is 4.90. The van der Waals surface area contributed by atoms with Gasteiger partial charge in [0.2, 0.25) is 0 Å². The van der Waals surface area contributed by atoms with E-state index in [-0.39, 0.29) is 6.29 Å². The van der Waals surface area contributed by atoms with Crippen LogP contribution in [0.3, 0.4) is 0 Å². The number of methoxy groups -OCH3 is 1. The molecule has 1 aliphatic heterocycles. The van der Waals surface area contributed by atoms with E-state index in [1.165, 1.54) is 0 Å². The van der Waals surface area contributed by atoms with Crippen molar-refractivity contribution in [3.8, 4) is 0 Å². The van der Waals surface area contributed by atoms with Crippen LogP contribution in [0.25, 0.3) is 0 Å². The van der Waals surface area contributed by atoms with E-state index in [1.54, 1.807) is 7.11 Å². The molecule has 1 aliphatic rings. The highest BCUT2D eigenvalue weighted by Crippen LogP contribution is 1.94. The average molecular weight is 188 g/mol. The van der Waals surface area contributed by atoms with Gasteiger partial charge in [-0.3, -0.25) is 4.90 Å². The third kappa shape index (κ3) is 4.57. The van der Waals surface area contributed by atoms with Crippen molar-refractivity contribution in [1.29, 1.82) is 0 Å². The van der Waals surface area contributed by atoms with Crippen LogP contribution in [-0.4, -0.2) is 57.6 Å². The monoisotopic (exact) mass is 188 g/mol. The van der Waals surface area contributed by atoms with Crippen LogP contribution in [0.5, 0.6) is 0 Å². The van der Waals surface area contributed by atoms with Crippen molar-refractivity contribution in [2.75, 3.05) is 46.4 Å². The summed E-state index contributed by atoms with van der Waals surface area (Å²) in [7, 11) is 1.66. The minimum atomic E-state index is -0.0806. The lowest BCUT2D eigenvalue weighted by Crippen LogP contribution is -2.44. The van der Waals surface area contributed by atoms with Gasteiger partial charge in [-0.25, -0.2) is 0 Å². The smallest absolute Gasteiger partial charge is 0.154 e. The average Bonchev–Trinajstić information content (AvgIpc) is 2.19. The maximum absolute atomic E-state index is 5.41. The second kappa shape index (κ2) is 6.32. The fourth-order valence-corrected chi connectivity index (χ4v) is 1.35. The molecule has 0 bridgehead atoms. The maximum Gasteiger partial charge on any atom is 0.154 e. The summed E-state index contributed by atoms with van der Waals surface area (Å²) in [5, 5.41) is 3.32. The summed E-state index contributed by atoms with van der Waals surface area (Å²) in [5.41, 5.74) is 0. The molecule has 1 atom stereocenters. The predicted molar refractivity (Wildman–Crippen MR) is 51.7 cm³/mol. The van der Waals surface area contributed by atoms with Gasteiger partial charge >= 0.3 is 0 Å². The third-order valence-corrected chi connectivity index (χ3v) is 2.30. The van der Waals surface area contributed by atoms with Crippen LogP contribution >= 0.6 is 0 Å². The van der Waals surface area contributed by atoms with Crippen LogP contribution in [0.15, 0.2) is 0 Å². The molecule has 4 heteroatoms. The van der Waals surface area contributed by atoms with Crippen molar-refractivity contribution in [2.24, 2.45) is 0 Å². The van der Waals surface area contributed by atoms with E-state index in [4.69, 9.17) is 9.47 Å². The van der Waals surface area contributed by atoms with Gasteiger partial charge in [-0.2, -0.15) is 0 Å². The Labute approximate surface area is 80.2 Å². The molecule has 4 nitrogen and oxygen atoms in total. The molecule has 0 aliphatic carbocycles. The van der Waals surface area contributed by atoms with Crippen molar-refractivity contribution in [3.63, 3.8) is 0 Å². The number of rotatable bonds is 5. The van der Waals surface area contributed by atoms with E-state index in [0.29, 0.717) is 0 Å². The van der Waals surface area contributed by atoms with Crippen molar-refractivity contribution < 1.29 is 9.47 Å². The minimum Gasteiger partial charge on any atom is -0.356 e. The molecule has 1 fully saturated rings. The molecule has 1 heterocycles. The van der Waals surface area contributed by atoms with Crippen LogP contribution in [-0.2, 0) is 9.47 Å². The Morgan fingerprint density at radius 3 is 2.69 bits per heavy atom. The van der Waals surface area contributed by atoms with E-state index in [0.717, 1.165) is 39.3 Å². The molecular formula is C9H20N2O2. The summed E-state index contributed by atoms with van der Waals surface area (Å²) in [5.74, 6) is 0. The van der Waals surface area contributed by atoms with Gasteiger partial charge in [0, 0.05) is 39.8 Å². The lowest BCUT2D eigenvalue weighted by Gasteiger charge is -2.27. The molecule has 13 heavy (non-hydrogen) atoms. The molecule has 1 N–H and O–H groups in total. The molecule has 0 radical (unpaired) electrons. The van der Waals surface area contributed by atoms with Gasteiger partial charge in [0.1, 0.15) is 0 Å². The first-order valence-corrected chi connectivity index (χ1v) is 4.90. The second-order valence-corrected chi connectivity index (χ2v) is 3.27. The van der Waals surface area contributed by atoms with E-state index in [9.17, 15) is 0 Å². The molecule has 1 rings (SSSR count). The summed E-state index contributed by atoms with van der Waals surface area (Å²) in [6.07, 6.45) is -0.0806. The van der Waals surface area contributed by atoms with Crippen molar-refractivity contribution in [1.82, 2.24) is 10.2 Å². The van der Waals surface area contributed by atoms with Crippen LogP contribution in [0.1, 0.15) is 6.92 Å². The van der Waals surface area contributed by atoms with Crippen molar-refractivity contribution >= 4 is 0 Å². The molecule has 0 spiro atoms. The molecule has 1 saturated heterocycles. The summed E-state index contributed by atoms with van der Waals surface area (Å²) in [6, 6.07) is 0. The second-order valence-electron chi connectivity index (χ2n) is 3.27. The first-order chi connectivity index (χ1) is 6.33. The number of hydrogen-bond acceptors (Lipinski definition) is 4. The number of nitrogens with zero attached hydrogens (tertiary/aromatic N) is 1. The number of piperazine rings is 1. The molecule has 0 saturated carbocycles. The van der Waals surface area contributed by atoms with Gasteiger partial charge in [0.15, 0.2) is 6.29 Å². The third-order valence-electron chi connectivity index (χ3n) is 2.30. The number of hydrogen-bond donors (Lipinski definition) is 1. The van der Waals surface area contributed by atoms with E-state index in [2.05, 4.69) is 10.2 Å². The Bertz CT molecular complexity index is 127. The minimum absolute atomic E-state index is 0.0806. The van der Waals surface area contributed by atoms with Crippen molar-refractivity contribution in [2.45, 2.75) is 13.2 Å². The Hall–Kier alpha value is -0.160. The summed E-state index contributed by atoms with van der Waals surface area (Å²) in [4.78, 5) is 2.40. The Morgan fingerprint density at radius 2 is 2.08 bits per heavy atom.